The zero-order chi connectivity index (χ0) is 6.72. The maximum atomic E-state index is 12.7. The molecule has 0 aliphatic carbocycles. The molecule has 0 N–H and O–H groups in total. The minimum atomic E-state index is -1.26. The Morgan fingerprint density at radius 3 is 2.60 bits per heavy atom. The summed E-state index contributed by atoms with van der Waals surface area (Å²) in [6.45, 7) is 0.492. The largest absolute Gasteiger partial charge is 0.367 e. The minimum absolute atomic E-state index is 0.0116. The summed E-state index contributed by atoms with van der Waals surface area (Å²) >= 11 is 0. The molecule has 0 spiro atoms. The Kier molecular flexibility index (Phi) is 0.829. The fraction of sp³-hybridized carbons (Fsp3) is 1.00. The molecular weight excluding hydrogens is 139 g/mol. The third kappa shape index (κ3) is 0.504. The summed E-state index contributed by atoms with van der Waals surface area (Å²) < 4.78 is 27.9. The number of halogens is 1. The molecule has 4 rings (SSSR count). The van der Waals surface area contributed by atoms with Crippen LogP contribution in [0.1, 0.15) is 0 Å². The van der Waals surface area contributed by atoms with E-state index in [1.54, 1.807) is 0 Å². The molecule has 10 heavy (non-hydrogen) atoms. The third-order valence-corrected chi connectivity index (χ3v) is 2.27. The second-order valence-corrected chi connectivity index (χ2v) is 2.89. The van der Waals surface area contributed by atoms with Gasteiger partial charge in [-0.2, -0.15) is 0 Å². The maximum absolute atomic E-state index is 12.7. The van der Waals surface area contributed by atoms with Gasteiger partial charge in [0.15, 0.2) is 0 Å². The summed E-state index contributed by atoms with van der Waals surface area (Å²) in [6, 6.07) is 0. The van der Waals surface area contributed by atoms with Gasteiger partial charge in [0.1, 0.15) is 24.4 Å². The van der Waals surface area contributed by atoms with Crippen LogP contribution in [0.4, 0.5) is 4.39 Å². The molecule has 4 heterocycles. The lowest BCUT2D eigenvalue weighted by Crippen LogP contribution is -2.52. The number of hydrogen-bond acceptors (Lipinski definition) is 3. The Bertz CT molecular complexity index is 172. The van der Waals surface area contributed by atoms with Gasteiger partial charge in [-0.25, -0.2) is 4.39 Å². The molecule has 4 heteroatoms. The summed E-state index contributed by atoms with van der Waals surface area (Å²) in [7, 11) is 0. The standard InChI is InChI=1S/C6H7FO3/c7-6-5-4-3(10-4)2(9-6)1-8-5/h2-6H,1H2/t2-,3+,4+,5+,6-/m1/s1. The molecule has 0 aromatic rings. The van der Waals surface area contributed by atoms with E-state index in [0.29, 0.717) is 6.61 Å². The van der Waals surface area contributed by atoms with Crippen molar-refractivity contribution in [1.29, 1.82) is 0 Å². The summed E-state index contributed by atoms with van der Waals surface area (Å²) in [5.74, 6) is 0. The van der Waals surface area contributed by atoms with Crippen molar-refractivity contribution in [2.45, 2.75) is 30.8 Å². The number of rotatable bonds is 0. The van der Waals surface area contributed by atoms with Crippen molar-refractivity contribution in [3.05, 3.63) is 0 Å². The first-order valence-corrected chi connectivity index (χ1v) is 3.43. The maximum Gasteiger partial charge on any atom is 0.228 e. The predicted octanol–water partition coefficient (Wildman–Crippen LogP) is -0.153. The van der Waals surface area contributed by atoms with Gasteiger partial charge in [-0.3, -0.25) is 0 Å². The van der Waals surface area contributed by atoms with Gasteiger partial charge in [0.25, 0.3) is 0 Å². The molecule has 0 unspecified atom stereocenters. The highest BCUT2D eigenvalue weighted by molar-refractivity contribution is 5.05. The van der Waals surface area contributed by atoms with E-state index in [-0.39, 0.29) is 18.3 Å². The van der Waals surface area contributed by atoms with E-state index in [4.69, 9.17) is 14.2 Å². The number of epoxide rings is 1. The molecule has 2 bridgehead atoms. The number of ether oxygens (including phenoxy) is 3. The van der Waals surface area contributed by atoms with Crippen LogP contribution >= 0.6 is 0 Å². The van der Waals surface area contributed by atoms with Gasteiger partial charge in [-0.05, 0) is 0 Å². The topological polar surface area (TPSA) is 31.0 Å². The van der Waals surface area contributed by atoms with Crippen LogP contribution in [-0.2, 0) is 14.2 Å². The summed E-state index contributed by atoms with van der Waals surface area (Å²) in [4.78, 5) is 0. The van der Waals surface area contributed by atoms with Crippen molar-refractivity contribution in [2.24, 2.45) is 0 Å². The van der Waals surface area contributed by atoms with Crippen LogP contribution in [0.15, 0.2) is 0 Å². The van der Waals surface area contributed by atoms with Gasteiger partial charge in [-0.15, -0.1) is 0 Å². The van der Waals surface area contributed by atoms with E-state index in [1.807, 2.05) is 0 Å². The number of hydrogen-bond donors (Lipinski definition) is 0. The summed E-state index contributed by atoms with van der Waals surface area (Å²) in [6.07, 6.45) is -1.74. The fourth-order valence-corrected chi connectivity index (χ4v) is 1.68. The molecule has 0 saturated carbocycles. The second kappa shape index (κ2) is 1.52. The van der Waals surface area contributed by atoms with Gasteiger partial charge in [0.2, 0.25) is 6.36 Å². The van der Waals surface area contributed by atoms with Crippen molar-refractivity contribution < 1.29 is 18.6 Å². The lowest BCUT2D eigenvalue weighted by atomic mass is 10.0. The van der Waals surface area contributed by atoms with Crippen LogP contribution in [0.2, 0.25) is 0 Å². The van der Waals surface area contributed by atoms with E-state index in [2.05, 4.69) is 0 Å². The molecule has 0 radical (unpaired) electrons. The molecule has 4 aliphatic rings. The first kappa shape index (κ1) is 5.46. The lowest BCUT2D eigenvalue weighted by molar-refractivity contribution is -0.244. The minimum Gasteiger partial charge on any atom is -0.367 e. The molecular formula is C6H7FO3. The van der Waals surface area contributed by atoms with Gasteiger partial charge in [0, 0.05) is 0 Å². The molecule has 0 aromatic carbocycles. The van der Waals surface area contributed by atoms with Crippen LogP contribution in [0.5, 0.6) is 0 Å². The van der Waals surface area contributed by atoms with E-state index in [0.717, 1.165) is 0 Å². The predicted molar refractivity (Wildman–Crippen MR) is 28.2 cm³/mol. The highest BCUT2D eigenvalue weighted by atomic mass is 19.1. The van der Waals surface area contributed by atoms with Gasteiger partial charge >= 0.3 is 0 Å². The summed E-state index contributed by atoms with van der Waals surface area (Å²) in [5.41, 5.74) is 0. The normalized spacial score (nSPS) is 63.9. The molecule has 0 aromatic heterocycles. The Balaban J connectivity index is 1.92. The van der Waals surface area contributed by atoms with E-state index in [9.17, 15) is 4.39 Å². The third-order valence-electron chi connectivity index (χ3n) is 2.27. The van der Waals surface area contributed by atoms with Crippen LogP contribution in [0.3, 0.4) is 0 Å². The smallest absolute Gasteiger partial charge is 0.228 e. The molecule has 5 atom stereocenters. The fourth-order valence-electron chi connectivity index (χ4n) is 1.68. The Morgan fingerprint density at radius 1 is 1.10 bits per heavy atom. The van der Waals surface area contributed by atoms with Gasteiger partial charge in [0.05, 0.1) is 6.61 Å². The molecule has 0 amide bonds. The molecule has 3 nitrogen and oxygen atoms in total. The molecule has 56 valence electrons. The van der Waals surface area contributed by atoms with Gasteiger partial charge in [-0.1, -0.05) is 0 Å². The Labute approximate surface area is 57.1 Å². The van der Waals surface area contributed by atoms with Gasteiger partial charge < -0.3 is 14.2 Å². The Morgan fingerprint density at radius 2 is 2.00 bits per heavy atom. The van der Waals surface area contributed by atoms with Crippen LogP contribution in [0.25, 0.3) is 0 Å². The Hall–Kier alpha value is -0.190. The molecule has 4 saturated heterocycles. The van der Waals surface area contributed by atoms with Crippen molar-refractivity contribution >= 4 is 0 Å². The first-order chi connectivity index (χ1) is 4.86. The lowest BCUT2D eigenvalue weighted by Gasteiger charge is -2.34. The zero-order valence-electron chi connectivity index (χ0n) is 5.20. The van der Waals surface area contributed by atoms with Crippen molar-refractivity contribution in [3.8, 4) is 0 Å². The van der Waals surface area contributed by atoms with Crippen molar-refractivity contribution in [2.75, 3.05) is 6.61 Å². The summed E-state index contributed by atoms with van der Waals surface area (Å²) in [5, 5.41) is 0. The van der Waals surface area contributed by atoms with E-state index >= 15 is 0 Å². The monoisotopic (exact) mass is 146 g/mol. The average molecular weight is 146 g/mol. The van der Waals surface area contributed by atoms with E-state index in [1.165, 1.54) is 0 Å². The van der Waals surface area contributed by atoms with Crippen LogP contribution in [-0.4, -0.2) is 37.4 Å². The number of fused-ring (bicyclic) bond motifs is 2. The number of alkyl halides is 1. The van der Waals surface area contributed by atoms with Crippen molar-refractivity contribution in [3.63, 3.8) is 0 Å². The van der Waals surface area contributed by atoms with Crippen LogP contribution in [0, 0.1) is 0 Å². The molecule has 4 fully saturated rings. The van der Waals surface area contributed by atoms with E-state index < -0.39 is 12.5 Å². The highest BCUT2D eigenvalue weighted by Gasteiger charge is 2.62. The van der Waals surface area contributed by atoms with Crippen molar-refractivity contribution in [1.82, 2.24) is 0 Å². The first-order valence-electron chi connectivity index (χ1n) is 3.43. The van der Waals surface area contributed by atoms with Crippen LogP contribution < -0.4 is 0 Å². The highest BCUT2D eigenvalue weighted by Crippen LogP contribution is 2.43. The molecule has 4 aliphatic heterocycles. The second-order valence-electron chi connectivity index (χ2n) is 2.89. The average Bonchev–Trinajstić information content (AvgIpc) is 2.66. The zero-order valence-corrected chi connectivity index (χ0v) is 5.20. The quantitative estimate of drug-likeness (QED) is 0.445. The SMILES string of the molecule is F[C@@H]1O[C@@H]2CO[C@H]1[C@H]1O[C@H]12.